The van der Waals surface area contributed by atoms with E-state index >= 15 is 0 Å². The molecule has 0 radical (unpaired) electrons. The van der Waals surface area contributed by atoms with Gasteiger partial charge in [0.1, 0.15) is 12.7 Å². The predicted octanol–water partition coefficient (Wildman–Crippen LogP) is 1.71. The Morgan fingerprint density at radius 2 is 2.18 bits per heavy atom. The topological polar surface area (TPSA) is 80.0 Å². The van der Waals surface area contributed by atoms with Crippen molar-refractivity contribution in [2.75, 3.05) is 6.61 Å². The average molecular weight is 302 g/mol. The van der Waals surface area contributed by atoms with Crippen LogP contribution in [0.3, 0.4) is 0 Å². The number of nitrogens with one attached hydrogen (secondary N) is 1. The van der Waals surface area contributed by atoms with Crippen LogP contribution in [0, 0.1) is 12.8 Å². The third-order valence-electron chi connectivity index (χ3n) is 3.70. The Balaban J connectivity index is 2.16. The number of aromatic nitrogens is 3. The van der Waals surface area contributed by atoms with Gasteiger partial charge >= 0.3 is 0 Å². The molecule has 118 valence electrons. The van der Waals surface area contributed by atoms with E-state index in [9.17, 15) is 4.79 Å². The molecule has 6 heteroatoms. The quantitative estimate of drug-likeness (QED) is 0.851. The van der Waals surface area contributed by atoms with Gasteiger partial charge in [-0.25, -0.2) is 9.67 Å². The van der Waals surface area contributed by atoms with Crippen LogP contribution >= 0.6 is 0 Å². The second-order valence-electron chi connectivity index (χ2n) is 5.68. The van der Waals surface area contributed by atoms with Gasteiger partial charge in [-0.05, 0) is 43.0 Å². The minimum Gasteiger partial charge on any atom is -0.396 e. The van der Waals surface area contributed by atoms with E-state index in [1.54, 1.807) is 17.1 Å². The van der Waals surface area contributed by atoms with E-state index in [-0.39, 0.29) is 24.5 Å². The van der Waals surface area contributed by atoms with Crippen LogP contribution in [0.25, 0.3) is 5.69 Å². The van der Waals surface area contributed by atoms with E-state index < -0.39 is 0 Å². The molecule has 0 fully saturated rings. The molecular formula is C16H22N4O2. The summed E-state index contributed by atoms with van der Waals surface area (Å²) in [6, 6.07) is 5.50. The summed E-state index contributed by atoms with van der Waals surface area (Å²) in [7, 11) is 0. The zero-order chi connectivity index (χ0) is 16.1. The van der Waals surface area contributed by atoms with Crippen LogP contribution in [-0.2, 0) is 0 Å². The maximum atomic E-state index is 12.4. The van der Waals surface area contributed by atoms with E-state index in [4.69, 9.17) is 5.11 Å². The Bertz CT molecular complexity index is 623. The second-order valence-corrected chi connectivity index (χ2v) is 5.68. The molecule has 0 aliphatic heterocycles. The number of hydrogen-bond acceptors (Lipinski definition) is 4. The number of carbonyl (C=O) groups is 1. The Morgan fingerprint density at radius 3 is 2.73 bits per heavy atom. The van der Waals surface area contributed by atoms with Crippen molar-refractivity contribution in [1.29, 1.82) is 0 Å². The molecule has 1 amide bonds. The highest BCUT2D eigenvalue weighted by atomic mass is 16.3. The third-order valence-corrected chi connectivity index (χ3v) is 3.70. The molecule has 1 unspecified atom stereocenters. The molecule has 1 atom stereocenters. The molecule has 6 nitrogen and oxygen atoms in total. The van der Waals surface area contributed by atoms with Gasteiger partial charge in [-0.3, -0.25) is 4.79 Å². The van der Waals surface area contributed by atoms with Crippen molar-refractivity contribution in [2.24, 2.45) is 5.92 Å². The molecule has 1 aromatic heterocycles. The van der Waals surface area contributed by atoms with Crippen LogP contribution < -0.4 is 5.32 Å². The number of aliphatic hydroxyl groups excluding tert-OH is 1. The van der Waals surface area contributed by atoms with Crippen LogP contribution in [0.5, 0.6) is 0 Å². The van der Waals surface area contributed by atoms with Crippen molar-refractivity contribution < 1.29 is 9.90 Å². The lowest BCUT2D eigenvalue weighted by molar-refractivity contribution is 0.0916. The molecule has 2 rings (SSSR count). The summed E-state index contributed by atoms with van der Waals surface area (Å²) in [6.45, 7) is 6.02. The molecule has 22 heavy (non-hydrogen) atoms. The van der Waals surface area contributed by atoms with Crippen LogP contribution in [0.2, 0.25) is 0 Å². The lowest BCUT2D eigenvalue weighted by atomic mass is 10.00. The normalized spacial score (nSPS) is 12.4. The van der Waals surface area contributed by atoms with Gasteiger partial charge in [0.15, 0.2) is 0 Å². The highest BCUT2D eigenvalue weighted by Crippen LogP contribution is 2.15. The molecule has 0 saturated heterocycles. The number of carbonyl (C=O) groups excluding carboxylic acids is 1. The minimum absolute atomic E-state index is 0.0353. The van der Waals surface area contributed by atoms with Gasteiger partial charge < -0.3 is 10.4 Å². The zero-order valence-corrected chi connectivity index (χ0v) is 13.2. The standard InChI is InChI=1S/C16H22N4O2/c1-11(2)15(6-7-21)19-16(22)14-5-4-13(8-12(14)3)20-10-17-9-18-20/h4-5,8-11,15,21H,6-7H2,1-3H3,(H,19,22). The number of hydrogen-bond donors (Lipinski definition) is 2. The highest BCUT2D eigenvalue weighted by Gasteiger charge is 2.18. The fourth-order valence-corrected chi connectivity index (χ4v) is 2.34. The zero-order valence-electron chi connectivity index (χ0n) is 13.2. The van der Waals surface area contributed by atoms with Crippen molar-refractivity contribution in [3.05, 3.63) is 42.0 Å². The minimum atomic E-state index is -0.116. The van der Waals surface area contributed by atoms with E-state index in [0.29, 0.717) is 12.0 Å². The van der Waals surface area contributed by atoms with Crippen LogP contribution in [0.1, 0.15) is 36.2 Å². The lowest BCUT2D eigenvalue weighted by Gasteiger charge is -2.22. The smallest absolute Gasteiger partial charge is 0.251 e. The van der Waals surface area contributed by atoms with Gasteiger partial charge in [0.2, 0.25) is 0 Å². The second kappa shape index (κ2) is 7.17. The van der Waals surface area contributed by atoms with E-state index in [1.165, 1.54) is 6.33 Å². The Kier molecular flexibility index (Phi) is 5.27. The Morgan fingerprint density at radius 1 is 1.41 bits per heavy atom. The SMILES string of the molecule is Cc1cc(-n2cncn2)ccc1C(=O)NC(CCO)C(C)C. The number of rotatable bonds is 6. The van der Waals surface area contributed by atoms with Gasteiger partial charge in [0.25, 0.3) is 5.91 Å². The van der Waals surface area contributed by atoms with Crippen molar-refractivity contribution >= 4 is 5.91 Å². The first-order valence-electron chi connectivity index (χ1n) is 7.40. The number of amides is 1. The first-order chi connectivity index (χ1) is 10.5. The van der Waals surface area contributed by atoms with Crippen molar-refractivity contribution in [1.82, 2.24) is 20.1 Å². The summed E-state index contributed by atoms with van der Waals surface area (Å²) in [4.78, 5) is 16.3. The Hall–Kier alpha value is -2.21. The van der Waals surface area contributed by atoms with Crippen molar-refractivity contribution in [3.8, 4) is 5.69 Å². The molecule has 0 spiro atoms. The van der Waals surface area contributed by atoms with E-state index in [0.717, 1.165) is 11.3 Å². The first kappa shape index (κ1) is 16.2. The molecule has 0 saturated carbocycles. The van der Waals surface area contributed by atoms with Gasteiger partial charge in [0, 0.05) is 18.2 Å². The summed E-state index contributed by atoms with van der Waals surface area (Å²) in [5, 5.41) is 16.2. The predicted molar refractivity (Wildman–Crippen MR) is 83.9 cm³/mol. The highest BCUT2D eigenvalue weighted by molar-refractivity contribution is 5.96. The van der Waals surface area contributed by atoms with Gasteiger partial charge in [-0.15, -0.1) is 0 Å². The summed E-state index contributed by atoms with van der Waals surface area (Å²) in [5.74, 6) is 0.153. The Labute approximate surface area is 130 Å². The third kappa shape index (κ3) is 3.71. The van der Waals surface area contributed by atoms with Crippen LogP contribution in [-0.4, -0.2) is 38.4 Å². The maximum Gasteiger partial charge on any atom is 0.251 e. The van der Waals surface area contributed by atoms with Crippen molar-refractivity contribution in [2.45, 2.75) is 33.2 Å². The molecule has 0 bridgehead atoms. The van der Waals surface area contributed by atoms with Gasteiger partial charge in [-0.1, -0.05) is 13.8 Å². The molecule has 0 aliphatic rings. The summed E-state index contributed by atoms with van der Waals surface area (Å²) in [5.41, 5.74) is 2.37. The summed E-state index contributed by atoms with van der Waals surface area (Å²) >= 11 is 0. The first-order valence-corrected chi connectivity index (χ1v) is 7.40. The average Bonchev–Trinajstić information content (AvgIpc) is 3.00. The summed E-state index contributed by atoms with van der Waals surface area (Å²) < 4.78 is 1.65. The summed E-state index contributed by atoms with van der Waals surface area (Å²) in [6.07, 6.45) is 3.64. The molecule has 0 aliphatic carbocycles. The number of aryl methyl sites for hydroxylation is 1. The number of nitrogens with zero attached hydrogens (tertiary/aromatic N) is 3. The van der Waals surface area contributed by atoms with E-state index in [2.05, 4.69) is 15.4 Å². The largest absolute Gasteiger partial charge is 0.396 e. The fraction of sp³-hybridized carbons (Fsp3) is 0.438. The van der Waals surface area contributed by atoms with Crippen molar-refractivity contribution in [3.63, 3.8) is 0 Å². The van der Waals surface area contributed by atoms with Gasteiger partial charge in [-0.2, -0.15) is 5.10 Å². The monoisotopic (exact) mass is 302 g/mol. The van der Waals surface area contributed by atoms with Crippen LogP contribution in [0.4, 0.5) is 0 Å². The van der Waals surface area contributed by atoms with Gasteiger partial charge in [0.05, 0.1) is 5.69 Å². The molecule has 1 aromatic carbocycles. The lowest BCUT2D eigenvalue weighted by Crippen LogP contribution is -2.39. The van der Waals surface area contributed by atoms with Crippen LogP contribution in [0.15, 0.2) is 30.9 Å². The molecule has 2 aromatic rings. The number of aliphatic hydroxyl groups is 1. The molecular weight excluding hydrogens is 280 g/mol. The molecule has 2 N–H and O–H groups in total. The number of benzene rings is 1. The molecule has 1 heterocycles. The maximum absolute atomic E-state index is 12.4. The fourth-order valence-electron chi connectivity index (χ4n) is 2.34. The van der Waals surface area contributed by atoms with E-state index in [1.807, 2.05) is 32.9 Å².